The van der Waals surface area contributed by atoms with Gasteiger partial charge in [0.2, 0.25) is 0 Å². The van der Waals surface area contributed by atoms with E-state index in [0.717, 1.165) is 25.8 Å². The van der Waals surface area contributed by atoms with Gasteiger partial charge in [0.1, 0.15) is 23.2 Å². The van der Waals surface area contributed by atoms with Crippen molar-refractivity contribution < 1.29 is 8.78 Å². The maximum absolute atomic E-state index is 14.5. The molecule has 2 fully saturated rings. The van der Waals surface area contributed by atoms with E-state index < -0.39 is 17.5 Å². The molecular formula is C20H26F2N4OS. The highest BCUT2D eigenvalue weighted by Crippen LogP contribution is 2.27. The lowest BCUT2D eigenvalue weighted by Gasteiger charge is -2.15. The molecule has 4 rings (SSSR count). The number of halogens is 2. The molecule has 28 heavy (non-hydrogen) atoms. The van der Waals surface area contributed by atoms with Crippen LogP contribution in [-0.2, 0) is 5.75 Å². The number of hydrogen-bond acceptors (Lipinski definition) is 5. The van der Waals surface area contributed by atoms with Gasteiger partial charge in [-0.15, -0.1) is 0 Å². The molecule has 1 saturated heterocycles. The van der Waals surface area contributed by atoms with E-state index in [2.05, 4.69) is 20.6 Å². The van der Waals surface area contributed by atoms with Crippen LogP contribution in [0.5, 0.6) is 0 Å². The van der Waals surface area contributed by atoms with Crippen LogP contribution in [0.2, 0.25) is 0 Å². The Morgan fingerprint density at radius 1 is 1.25 bits per heavy atom. The van der Waals surface area contributed by atoms with Crippen molar-refractivity contribution in [1.29, 1.82) is 0 Å². The summed E-state index contributed by atoms with van der Waals surface area (Å²) in [5, 5.41) is 6.62. The number of rotatable bonds is 5. The van der Waals surface area contributed by atoms with Gasteiger partial charge < -0.3 is 15.6 Å². The number of thioether (sulfide) groups is 1. The molecule has 0 bridgehead atoms. The second kappa shape index (κ2) is 8.78. The van der Waals surface area contributed by atoms with Crippen molar-refractivity contribution in [3.8, 4) is 0 Å². The second-order valence-electron chi connectivity index (χ2n) is 7.75. The summed E-state index contributed by atoms with van der Waals surface area (Å²) in [5.74, 6) is 0.429. The van der Waals surface area contributed by atoms with E-state index in [1.54, 1.807) is 17.8 Å². The Labute approximate surface area is 167 Å². The normalized spacial score (nSPS) is 23.8. The molecule has 1 aliphatic carbocycles. The van der Waals surface area contributed by atoms with Gasteiger partial charge in [-0.1, -0.05) is 12.8 Å². The predicted octanol–water partition coefficient (Wildman–Crippen LogP) is 3.74. The van der Waals surface area contributed by atoms with Crippen molar-refractivity contribution in [3.05, 3.63) is 34.1 Å². The second-order valence-corrected chi connectivity index (χ2v) is 9.04. The monoisotopic (exact) mass is 408 g/mol. The fraction of sp³-hybridized carbons (Fsp3) is 0.600. The van der Waals surface area contributed by atoms with Crippen LogP contribution < -0.4 is 16.2 Å². The van der Waals surface area contributed by atoms with E-state index in [-0.39, 0.29) is 10.6 Å². The Balaban J connectivity index is 1.53. The highest BCUT2D eigenvalue weighted by molar-refractivity contribution is 7.99. The molecule has 0 spiro atoms. The fourth-order valence-corrected chi connectivity index (χ4v) is 5.25. The third-order valence-corrected chi connectivity index (χ3v) is 6.86. The summed E-state index contributed by atoms with van der Waals surface area (Å²) in [4.78, 5) is 19.6. The maximum atomic E-state index is 14.5. The zero-order chi connectivity index (χ0) is 19.5. The Hall–Kier alpha value is -1.67. The van der Waals surface area contributed by atoms with Crippen molar-refractivity contribution in [2.45, 2.75) is 61.7 Å². The molecule has 8 heteroatoms. The molecule has 1 aromatic heterocycles. The molecular weight excluding hydrogens is 382 g/mol. The molecule has 2 heterocycles. The predicted molar refractivity (Wildman–Crippen MR) is 110 cm³/mol. The van der Waals surface area contributed by atoms with Gasteiger partial charge >= 0.3 is 0 Å². The summed E-state index contributed by atoms with van der Waals surface area (Å²) >= 11 is 1.60. The minimum Gasteiger partial charge on any atom is -0.382 e. The zero-order valence-electron chi connectivity index (χ0n) is 15.8. The summed E-state index contributed by atoms with van der Waals surface area (Å²) in [5.41, 5.74) is 0.575. The van der Waals surface area contributed by atoms with Crippen molar-refractivity contribution in [2.24, 2.45) is 0 Å². The molecule has 2 aromatic rings. The first-order chi connectivity index (χ1) is 13.6. The molecule has 0 unspecified atom stereocenters. The number of alkyl halides is 1. The third kappa shape index (κ3) is 4.66. The van der Waals surface area contributed by atoms with Crippen LogP contribution in [0.25, 0.3) is 10.9 Å². The Bertz CT molecular complexity index is 884. The Morgan fingerprint density at radius 3 is 2.89 bits per heavy atom. The van der Waals surface area contributed by atoms with Gasteiger partial charge in [0.25, 0.3) is 5.56 Å². The van der Waals surface area contributed by atoms with Gasteiger partial charge in [-0.3, -0.25) is 4.79 Å². The van der Waals surface area contributed by atoms with E-state index in [0.29, 0.717) is 41.8 Å². The van der Waals surface area contributed by atoms with Crippen molar-refractivity contribution in [2.75, 3.05) is 18.4 Å². The molecule has 1 aliphatic heterocycles. The summed E-state index contributed by atoms with van der Waals surface area (Å²) in [7, 11) is 0. The lowest BCUT2D eigenvalue weighted by Crippen LogP contribution is -2.21. The number of fused-ring (bicyclic) bond motifs is 1. The van der Waals surface area contributed by atoms with Crippen LogP contribution in [0.3, 0.4) is 0 Å². The average Bonchev–Trinajstić information content (AvgIpc) is 3.06. The molecule has 1 aromatic carbocycles. The Kier molecular flexibility index (Phi) is 6.16. The van der Waals surface area contributed by atoms with E-state index in [9.17, 15) is 13.6 Å². The topological polar surface area (TPSA) is 69.8 Å². The third-order valence-electron chi connectivity index (χ3n) is 5.52. The molecule has 1 saturated carbocycles. The van der Waals surface area contributed by atoms with E-state index in [1.807, 2.05) is 0 Å². The summed E-state index contributed by atoms with van der Waals surface area (Å²) < 4.78 is 28.3. The van der Waals surface area contributed by atoms with Crippen LogP contribution in [-0.4, -0.2) is 40.5 Å². The van der Waals surface area contributed by atoms with Gasteiger partial charge in [0, 0.05) is 23.5 Å². The van der Waals surface area contributed by atoms with Gasteiger partial charge in [0.05, 0.1) is 11.3 Å². The van der Waals surface area contributed by atoms with Crippen LogP contribution in [0.4, 0.5) is 14.5 Å². The minimum atomic E-state index is -0.845. The van der Waals surface area contributed by atoms with Crippen molar-refractivity contribution >= 4 is 28.4 Å². The smallest absolute Gasteiger partial charge is 0.261 e. The van der Waals surface area contributed by atoms with Crippen molar-refractivity contribution in [1.82, 2.24) is 15.3 Å². The van der Waals surface area contributed by atoms with Gasteiger partial charge in [0.15, 0.2) is 0 Å². The molecule has 0 radical (unpaired) electrons. The first-order valence-corrected chi connectivity index (χ1v) is 11.1. The van der Waals surface area contributed by atoms with Crippen LogP contribution >= 0.6 is 11.8 Å². The van der Waals surface area contributed by atoms with Gasteiger partial charge in [-0.2, -0.15) is 11.8 Å². The number of hydrogen-bond donors (Lipinski definition) is 3. The molecule has 3 N–H and O–H groups in total. The van der Waals surface area contributed by atoms with Crippen LogP contribution in [0.1, 0.15) is 44.3 Å². The standard InChI is InChI=1S/C20H26F2N4OS/c21-12-7-15(5-6-23-10-12)28-11-18-25-17-9-14(24-13-3-1-2-4-13)8-16(22)19(17)20(27)26-18/h8-9,12-13,15,23-24H,1-7,10-11H2,(H,25,26,27)/t12-,15-/m0/s1. The van der Waals surface area contributed by atoms with E-state index in [1.165, 1.54) is 18.9 Å². The largest absolute Gasteiger partial charge is 0.382 e. The molecule has 5 nitrogen and oxygen atoms in total. The quantitative estimate of drug-likeness (QED) is 0.703. The highest BCUT2D eigenvalue weighted by Gasteiger charge is 2.21. The first kappa shape index (κ1) is 19.6. The average molecular weight is 409 g/mol. The van der Waals surface area contributed by atoms with Crippen LogP contribution in [0, 0.1) is 5.82 Å². The lowest BCUT2D eigenvalue weighted by molar-refractivity contribution is 0.317. The molecule has 0 amide bonds. The molecule has 2 aliphatic rings. The summed E-state index contributed by atoms with van der Waals surface area (Å²) in [6, 6.07) is 3.49. The molecule has 2 atom stereocenters. The Morgan fingerprint density at radius 2 is 2.07 bits per heavy atom. The zero-order valence-corrected chi connectivity index (χ0v) is 16.6. The number of nitrogens with one attached hydrogen (secondary N) is 3. The number of aromatic amines is 1. The lowest BCUT2D eigenvalue weighted by atomic mass is 10.2. The first-order valence-electron chi connectivity index (χ1n) is 10.0. The number of nitrogens with zero attached hydrogens (tertiary/aromatic N) is 1. The SMILES string of the molecule is O=c1[nH]c(CS[C@H]2CCNC[C@@H](F)C2)nc2cc(NC3CCCC3)cc(F)c12. The summed E-state index contributed by atoms with van der Waals surface area (Å²) in [6.45, 7) is 1.19. The molecule has 152 valence electrons. The van der Waals surface area contributed by atoms with Crippen molar-refractivity contribution in [3.63, 3.8) is 0 Å². The van der Waals surface area contributed by atoms with E-state index in [4.69, 9.17) is 0 Å². The maximum Gasteiger partial charge on any atom is 0.261 e. The van der Waals surface area contributed by atoms with Gasteiger partial charge in [-0.25, -0.2) is 13.8 Å². The summed E-state index contributed by atoms with van der Waals surface area (Å²) in [6.07, 6.45) is 5.06. The number of H-pyrrole nitrogens is 1. The highest BCUT2D eigenvalue weighted by atomic mass is 32.2. The number of anilines is 1. The minimum absolute atomic E-state index is 0.00629. The van der Waals surface area contributed by atoms with E-state index >= 15 is 0 Å². The van der Waals surface area contributed by atoms with Gasteiger partial charge in [-0.05, 0) is 44.4 Å². The number of benzene rings is 1. The fourth-order valence-electron chi connectivity index (χ4n) is 4.09. The van der Waals surface area contributed by atoms with Crippen LogP contribution in [0.15, 0.2) is 16.9 Å². The number of aromatic nitrogens is 2.